The highest BCUT2D eigenvalue weighted by Crippen LogP contribution is 2.15. The maximum atomic E-state index is 12.4. The number of likely N-dealkylation sites (N-methyl/N-ethyl adjacent to an activating group) is 2. The van der Waals surface area contributed by atoms with E-state index in [0.717, 1.165) is 19.4 Å². The lowest BCUT2D eigenvalue weighted by Gasteiger charge is -2.30. The summed E-state index contributed by atoms with van der Waals surface area (Å²) >= 11 is 0. The highest BCUT2D eigenvalue weighted by Gasteiger charge is 2.32. The first-order chi connectivity index (χ1) is 11.0. The Balaban J connectivity index is 0.000000922. The number of rotatable bonds is 6. The highest BCUT2D eigenvalue weighted by atomic mass is 32.3. The van der Waals surface area contributed by atoms with E-state index in [-0.39, 0.29) is 23.9 Å². The van der Waals surface area contributed by atoms with E-state index in [9.17, 15) is 9.59 Å². The van der Waals surface area contributed by atoms with Gasteiger partial charge in [0.15, 0.2) is 0 Å². The Morgan fingerprint density at radius 2 is 1.88 bits per heavy atom. The van der Waals surface area contributed by atoms with Crippen molar-refractivity contribution in [3.63, 3.8) is 0 Å². The van der Waals surface area contributed by atoms with Gasteiger partial charge in [-0.05, 0) is 38.6 Å². The molecule has 142 valence electrons. The second-order valence-electron chi connectivity index (χ2n) is 6.09. The molecule has 2 amide bonds. The molecular weight excluding hydrogens is 338 g/mol. The predicted molar refractivity (Wildman–Crippen MR) is 89.9 cm³/mol. The van der Waals surface area contributed by atoms with Crippen molar-refractivity contribution in [2.45, 2.75) is 52.1 Å². The molecule has 0 aliphatic carbocycles. The molecule has 1 aliphatic heterocycles. The third-order valence-electron chi connectivity index (χ3n) is 3.52. The van der Waals surface area contributed by atoms with Crippen LogP contribution in [0.25, 0.3) is 0 Å². The van der Waals surface area contributed by atoms with E-state index in [2.05, 4.69) is 24.5 Å². The Bertz CT molecular complexity index is 495. The molecule has 1 aliphatic rings. The molecule has 1 rings (SSSR count). The third-order valence-corrected chi connectivity index (χ3v) is 3.52. The van der Waals surface area contributed by atoms with Gasteiger partial charge in [-0.25, -0.2) is 0 Å². The van der Waals surface area contributed by atoms with Crippen LogP contribution < -0.4 is 10.6 Å². The normalized spacial score (nSPS) is 18.5. The van der Waals surface area contributed by atoms with Gasteiger partial charge in [0.2, 0.25) is 11.8 Å². The molecule has 0 spiro atoms. The molecule has 24 heavy (non-hydrogen) atoms. The summed E-state index contributed by atoms with van der Waals surface area (Å²) in [5, 5.41) is 6.02. The van der Waals surface area contributed by atoms with Gasteiger partial charge in [-0.2, -0.15) is 8.42 Å². The largest absolute Gasteiger partial charge is 0.394 e. The molecule has 10 heteroatoms. The van der Waals surface area contributed by atoms with E-state index in [1.54, 1.807) is 11.9 Å². The summed E-state index contributed by atoms with van der Waals surface area (Å²) < 4.78 is 31.6. The number of amides is 2. The fourth-order valence-corrected chi connectivity index (χ4v) is 2.47. The number of hydrogen-bond acceptors (Lipinski definition) is 5. The highest BCUT2D eigenvalue weighted by molar-refractivity contribution is 7.79. The van der Waals surface area contributed by atoms with Gasteiger partial charge in [0.25, 0.3) is 0 Å². The van der Waals surface area contributed by atoms with Crippen LogP contribution >= 0.6 is 0 Å². The van der Waals surface area contributed by atoms with Crippen molar-refractivity contribution in [2.24, 2.45) is 5.92 Å². The van der Waals surface area contributed by atoms with Crippen LogP contribution in [0.1, 0.15) is 40.0 Å². The second-order valence-corrected chi connectivity index (χ2v) is 6.98. The van der Waals surface area contributed by atoms with Gasteiger partial charge >= 0.3 is 10.4 Å². The summed E-state index contributed by atoms with van der Waals surface area (Å²) in [5.41, 5.74) is 0. The number of nitrogens with zero attached hydrogens (tertiary/aromatic N) is 1. The zero-order valence-electron chi connectivity index (χ0n) is 14.7. The maximum absolute atomic E-state index is 12.4. The first-order valence-electron chi connectivity index (χ1n) is 7.95. The van der Waals surface area contributed by atoms with E-state index >= 15 is 0 Å². The van der Waals surface area contributed by atoms with E-state index in [0.29, 0.717) is 18.9 Å². The monoisotopic (exact) mass is 367 g/mol. The summed E-state index contributed by atoms with van der Waals surface area (Å²) in [4.78, 5) is 26.1. The SMILES string of the molecule is CCNC(=O)[C@H](CC(C)C)N(C)C(=O)[C@@H]1CCCN1.O=S(=O)(O)O. The molecular formula is C14H29N3O6S. The van der Waals surface area contributed by atoms with Gasteiger partial charge in [0.05, 0.1) is 6.04 Å². The van der Waals surface area contributed by atoms with Crippen molar-refractivity contribution < 1.29 is 27.1 Å². The second kappa shape index (κ2) is 10.6. The van der Waals surface area contributed by atoms with Gasteiger partial charge in [-0.1, -0.05) is 13.8 Å². The van der Waals surface area contributed by atoms with Gasteiger partial charge in [0.1, 0.15) is 6.04 Å². The number of carbonyl (C=O) groups excluding carboxylic acids is 2. The molecule has 0 aromatic rings. The molecule has 1 heterocycles. The molecule has 0 bridgehead atoms. The Kier molecular flexibility index (Phi) is 10.1. The molecule has 1 fully saturated rings. The standard InChI is InChI=1S/C14H27N3O2.H2O4S/c1-5-15-13(18)12(9-10(2)3)17(4)14(19)11-7-6-8-16-11;1-5(2,3)4/h10-12,16H,5-9H2,1-4H3,(H,15,18);(H2,1,2,3,4)/t11-,12-;/m0./s1. The van der Waals surface area contributed by atoms with Crippen molar-refractivity contribution in [1.29, 1.82) is 0 Å². The van der Waals surface area contributed by atoms with Gasteiger partial charge in [-0.15, -0.1) is 0 Å². The zero-order chi connectivity index (χ0) is 18.9. The molecule has 2 atom stereocenters. The maximum Gasteiger partial charge on any atom is 0.394 e. The lowest BCUT2D eigenvalue weighted by Crippen LogP contribution is -2.52. The minimum atomic E-state index is -4.67. The molecule has 4 N–H and O–H groups in total. The predicted octanol–water partition coefficient (Wildman–Crippen LogP) is 0.0948. The minimum Gasteiger partial charge on any atom is -0.355 e. The summed E-state index contributed by atoms with van der Waals surface area (Å²) in [6.07, 6.45) is 2.59. The smallest absolute Gasteiger partial charge is 0.355 e. The van der Waals surface area contributed by atoms with Crippen molar-refractivity contribution in [3.8, 4) is 0 Å². The average Bonchev–Trinajstić information content (AvgIpc) is 2.95. The molecule has 0 saturated carbocycles. The molecule has 0 unspecified atom stereocenters. The summed E-state index contributed by atoms with van der Waals surface area (Å²) in [6.45, 7) is 7.51. The minimum absolute atomic E-state index is 0.0365. The van der Waals surface area contributed by atoms with E-state index in [1.807, 2.05) is 6.92 Å². The van der Waals surface area contributed by atoms with E-state index < -0.39 is 10.4 Å². The van der Waals surface area contributed by atoms with Crippen molar-refractivity contribution >= 4 is 22.2 Å². The van der Waals surface area contributed by atoms with E-state index in [1.165, 1.54) is 0 Å². The van der Waals surface area contributed by atoms with Crippen LogP contribution in [0.15, 0.2) is 0 Å². The summed E-state index contributed by atoms with van der Waals surface area (Å²) in [5.74, 6) is 0.360. The van der Waals surface area contributed by atoms with Crippen molar-refractivity contribution in [1.82, 2.24) is 15.5 Å². The molecule has 0 aromatic carbocycles. The Morgan fingerprint density at radius 3 is 2.25 bits per heavy atom. The Labute approximate surface area is 143 Å². The third kappa shape index (κ3) is 9.81. The van der Waals surface area contributed by atoms with Gasteiger partial charge in [0, 0.05) is 13.6 Å². The van der Waals surface area contributed by atoms with E-state index in [4.69, 9.17) is 17.5 Å². The topological polar surface area (TPSA) is 136 Å². The fraction of sp³-hybridized carbons (Fsp3) is 0.857. The van der Waals surface area contributed by atoms with Crippen LogP contribution in [0.5, 0.6) is 0 Å². The van der Waals surface area contributed by atoms with Gasteiger partial charge < -0.3 is 15.5 Å². The van der Waals surface area contributed by atoms with Crippen LogP contribution in [-0.4, -0.2) is 66.5 Å². The van der Waals surface area contributed by atoms with Crippen LogP contribution in [0, 0.1) is 5.92 Å². The van der Waals surface area contributed by atoms with Crippen LogP contribution in [0.2, 0.25) is 0 Å². The first-order valence-corrected chi connectivity index (χ1v) is 9.34. The lowest BCUT2D eigenvalue weighted by molar-refractivity contribution is -0.140. The molecule has 1 saturated heterocycles. The van der Waals surface area contributed by atoms with Crippen LogP contribution in [0.4, 0.5) is 0 Å². The van der Waals surface area contributed by atoms with Crippen molar-refractivity contribution in [3.05, 3.63) is 0 Å². The Hall–Kier alpha value is -1.23. The number of nitrogens with one attached hydrogen (secondary N) is 2. The summed E-state index contributed by atoms with van der Waals surface area (Å²) in [7, 11) is -2.93. The lowest BCUT2D eigenvalue weighted by atomic mass is 10.0. The average molecular weight is 367 g/mol. The zero-order valence-corrected chi connectivity index (χ0v) is 15.5. The van der Waals surface area contributed by atoms with Crippen LogP contribution in [-0.2, 0) is 20.0 Å². The Morgan fingerprint density at radius 1 is 1.33 bits per heavy atom. The molecule has 0 radical (unpaired) electrons. The first kappa shape index (κ1) is 22.8. The fourth-order valence-electron chi connectivity index (χ4n) is 2.47. The quantitative estimate of drug-likeness (QED) is 0.489. The van der Waals surface area contributed by atoms with Crippen LogP contribution in [0.3, 0.4) is 0 Å². The van der Waals surface area contributed by atoms with Crippen molar-refractivity contribution in [2.75, 3.05) is 20.1 Å². The molecule has 9 nitrogen and oxygen atoms in total. The van der Waals surface area contributed by atoms with Gasteiger partial charge in [-0.3, -0.25) is 18.7 Å². The molecule has 0 aromatic heterocycles. The number of carbonyl (C=O) groups is 2. The number of hydrogen-bond donors (Lipinski definition) is 4. The summed E-state index contributed by atoms with van der Waals surface area (Å²) in [6, 6.07) is -0.482.